The van der Waals surface area contributed by atoms with Gasteiger partial charge in [0.1, 0.15) is 5.82 Å². The first-order chi connectivity index (χ1) is 9.08. The predicted molar refractivity (Wildman–Crippen MR) is 71.9 cm³/mol. The fourth-order valence-electron chi connectivity index (χ4n) is 2.02. The van der Waals surface area contributed by atoms with Crippen LogP contribution >= 0.6 is 11.6 Å². The lowest BCUT2D eigenvalue weighted by Gasteiger charge is -2.16. The van der Waals surface area contributed by atoms with E-state index in [0.29, 0.717) is 5.56 Å². The molecule has 2 nitrogen and oxygen atoms in total. The normalized spacial score (nSPS) is 12.1. The van der Waals surface area contributed by atoms with Crippen molar-refractivity contribution < 1.29 is 14.3 Å². The molecule has 1 N–H and O–H groups in total. The monoisotopic (exact) mass is 278 g/mol. The molecular formula is C15H12ClFO2. The molecule has 19 heavy (non-hydrogen) atoms. The van der Waals surface area contributed by atoms with Crippen LogP contribution in [0, 0.1) is 5.82 Å². The van der Waals surface area contributed by atoms with Crippen LogP contribution in [-0.2, 0) is 4.79 Å². The van der Waals surface area contributed by atoms with Gasteiger partial charge in [-0.05, 0) is 23.3 Å². The summed E-state index contributed by atoms with van der Waals surface area (Å²) in [6.07, 6.45) is -0.0635. The summed E-state index contributed by atoms with van der Waals surface area (Å²) in [5, 5.41) is 9.03. The number of halogens is 2. The van der Waals surface area contributed by atoms with Crippen LogP contribution in [0.3, 0.4) is 0 Å². The molecule has 0 bridgehead atoms. The summed E-state index contributed by atoms with van der Waals surface area (Å²) in [7, 11) is 0. The highest BCUT2D eigenvalue weighted by Crippen LogP contribution is 2.30. The Balaban J connectivity index is 2.42. The van der Waals surface area contributed by atoms with Crippen molar-refractivity contribution in [1.29, 1.82) is 0 Å². The van der Waals surface area contributed by atoms with E-state index in [4.69, 9.17) is 16.7 Å². The Bertz CT molecular complexity index is 584. The average Bonchev–Trinajstić information content (AvgIpc) is 2.40. The Labute approximate surface area is 115 Å². The van der Waals surface area contributed by atoms with Gasteiger partial charge in [-0.1, -0.05) is 48.0 Å². The number of benzene rings is 2. The van der Waals surface area contributed by atoms with Gasteiger partial charge >= 0.3 is 5.97 Å². The fraction of sp³-hybridized carbons (Fsp3) is 0.133. The highest BCUT2D eigenvalue weighted by molar-refractivity contribution is 6.30. The van der Waals surface area contributed by atoms with Crippen molar-refractivity contribution in [3.63, 3.8) is 0 Å². The van der Waals surface area contributed by atoms with Gasteiger partial charge in [0.2, 0.25) is 0 Å². The average molecular weight is 279 g/mol. The van der Waals surface area contributed by atoms with Crippen molar-refractivity contribution >= 4 is 17.6 Å². The zero-order valence-corrected chi connectivity index (χ0v) is 10.8. The maximum atomic E-state index is 13.2. The van der Waals surface area contributed by atoms with Crippen LogP contribution in [0.1, 0.15) is 23.5 Å². The van der Waals surface area contributed by atoms with Crippen LogP contribution in [0.25, 0.3) is 0 Å². The molecular weight excluding hydrogens is 267 g/mol. The zero-order valence-electron chi connectivity index (χ0n) is 10.0. The minimum absolute atomic E-state index is 0.00354. The third kappa shape index (κ3) is 3.32. The van der Waals surface area contributed by atoms with E-state index < -0.39 is 11.8 Å². The Hall–Kier alpha value is -1.87. The van der Waals surface area contributed by atoms with Crippen LogP contribution in [0.2, 0.25) is 5.02 Å². The lowest BCUT2D eigenvalue weighted by Crippen LogP contribution is -2.08. The van der Waals surface area contributed by atoms with Crippen LogP contribution in [-0.4, -0.2) is 11.1 Å². The summed E-state index contributed by atoms with van der Waals surface area (Å²) in [5.74, 6) is -1.75. The molecule has 2 aromatic carbocycles. The Morgan fingerprint density at radius 3 is 2.42 bits per heavy atom. The second-order valence-electron chi connectivity index (χ2n) is 4.23. The number of aliphatic carboxylic acids is 1. The van der Waals surface area contributed by atoms with Gasteiger partial charge < -0.3 is 5.11 Å². The molecule has 98 valence electrons. The quantitative estimate of drug-likeness (QED) is 0.915. The SMILES string of the molecule is O=C(O)C[C@@H](c1ccccc1)c1ccc(F)c(Cl)c1. The first kappa shape index (κ1) is 13.6. The fourth-order valence-corrected chi connectivity index (χ4v) is 2.21. The summed E-state index contributed by atoms with van der Waals surface area (Å²) >= 11 is 5.76. The van der Waals surface area contributed by atoms with E-state index in [-0.39, 0.29) is 17.4 Å². The second-order valence-corrected chi connectivity index (χ2v) is 4.64. The van der Waals surface area contributed by atoms with Crippen LogP contribution < -0.4 is 0 Å². The number of carboxylic acids is 1. The van der Waals surface area contributed by atoms with Crippen LogP contribution in [0.5, 0.6) is 0 Å². The molecule has 0 amide bonds. The number of carbonyl (C=O) groups is 1. The smallest absolute Gasteiger partial charge is 0.304 e. The van der Waals surface area contributed by atoms with E-state index in [9.17, 15) is 9.18 Å². The molecule has 4 heteroatoms. The lowest BCUT2D eigenvalue weighted by atomic mass is 9.88. The van der Waals surface area contributed by atoms with Gasteiger partial charge in [-0.15, -0.1) is 0 Å². The van der Waals surface area contributed by atoms with E-state index >= 15 is 0 Å². The first-order valence-corrected chi connectivity index (χ1v) is 6.17. The van der Waals surface area contributed by atoms with Gasteiger partial charge in [0.05, 0.1) is 11.4 Å². The van der Waals surface area contributed by atoms with E-state index in [1.54, 1.807) is 6.07 Å². The molecule has 0 aliphatic carbocycles. The standard InChI is InChI=1S/C15H12ClFO2/c16-13-8-11(6-7-14(13)17)12(9-15(18)19)10-4-2-1-3-5-10/h1-8,12H,9H2,(H,18,19)/t12-/m0/s1. The van der Waals surface area contributed by atoms with E-state index in [1.807, 2.05) is 30.3 Å². The molecule has 0 unspecified atom stereocenters. The van der Waals surface area contributed by atoms with Crippen molar-refractivity contribution in [2.45, 2.75) is 12.3 Å². The molecule has 1 atom stereocenters. The number of hydrogen-bond donors (Lipinski definition) is 1. The second kappa shape index (κ2) is 5.85. The molecule has 0 radical (unpaired) electrons. The lowest BCUT2D eigenvalue weighted by molar-refractivity contribution is -0.137. The minimum atomic E-state index is -0.908. The molecule has 0 spiro atoms. The highest BCUT2D eigenvalue weighted by atomic mass is 35.5. The van der Waals surface area contributed by atoms with Gasteiger partial charge in [-0.2, -0.15) is 0 Å². The molecule has 0 aliphatic rings. The maximum absolute atomic E-state index is 13.2. The minimum Gasteiger partial charge on any atom is -0.481 e. The molecule has 2 aromatic rings. The highest BCUT2D eigenvalue weighted by Gasteiger charge is 2.18. The number of carboxylic acid groups (broad SMARTS) is 1. The van der Waals surface area contributed by atoms with Gasteiger partial charge in [0.25, 0.3) is 0 Å². The largest absolute Gasteiger partial charge is 0.481 e. The van der Waals surface area contributed by atoms with Crippen molar-refractivity contribution in [2.24, 2.45) is 0 Å². The molecule has 2 rings (SSSR count). The zero-order chi connectivity index (χ0) is 13.8. The third-order valence-electron chi connectivity index (χ3n) is 2.93. The van der Waals surface area contributed by atoms with Gasteiger partial charge in [0.15, 0.2) is 0 Å². The molecule has 0 saturated carbocycles. The Morgan fingerprint density at radius 1 is 1.16 bits per heavy atom. The summed E-state index contributed by atoms with van der Waals surface area (Å²) < 4.78 is 13.2. The predicted octanol–water partition coefficient (Wildman–Crippen LogP) is 4.09. The van der Waals surface area contributed by atoms with E-state index in [2.05, 4.69) is 0 Å². The van der Waals surface area contributed by atoms with E-state index in [0.717, 1.165) is 5.56 Å². The topological polar surface area (TPSA) is 37.3 Å². The maximum Gasteiger partial charge on any atom is 0.304 e. The molecule has 0 aromatic heterocycles. The number of rotatable bonds is 4. The molecule has 0 fully saturated rings. The first-order valence-electron chi connectivity index (χ1n) is 5.79. The molecule has 0 heterocycles. The molecule has 0 saturated heterocycles. The van der Waals surface area contributed by atoms with Gasteiger partial charge in [-0.25, -0.2) is 4.39 Å². The summed E-state index contributed by atoms with van der Waals surface area (Å²) in [5.41, 5.74) is 1.56. The molecule has 0 aliphatic heterocycles. The van der Waals surface area contributed by atoms with Crippen molar-refractivity contribution in [3.8, 4) is 0 Å². The van der Waals surface area contributed by atoms with Crippen molar-refractivity contribution in [2.75, 3.05) is 0 Å². The van der Waals surface area contributed by atoms with Crippen LogP contribution in [0.15, 0.2) is 48.5 Å². The summed E-state index contributed by atoms with van der Waals surface area (Å²) in [4.78, 5) is 11.0. The van der Waals surface area contributed by atoms with Crippen molar-refractivity contribution in [3.05, 3.63) is 70.5 Å². The van der Waals surface area contributed by atoms with Crippen LogP contribution in [0.4, 0.5) is 4.39 Å². The Kier molecular flexibility index (Phi) is 4.17. The van der Waals surface area contributed by atoms with Crippen molar-refractivity contribution in [1.82, 2.24) is 0 Å². The number of hydrogen-bond acceptors (Lipinski definition) is 1. The summed E-state index contributed by atoms with van der Waals surface area (Å²) in [6.45, 7) is 0. The van der Waals surface area contributed by atoms with Gasteiger partial charge in [-0.3, -0.25) is 4.79 Å². The van der Waals surface area contributed by atoms with E-state index in [1.165, 1.54) is 12.1 Å². The summed E-state index contributed by atoms with van der Waals surface area (Å²) in [6, 6.07) is 13.6. The Morgan fingerprint density at radius 2 is 1.84 bits per heavy atom. The third-order valence-corrected chi connectivity index (χ3v) is 3.22. The van der Waals surface area contributed by atoms with Gasteiger partial charge in [0, 0.05) is 5.92 Å².